The number of amides is 2. The number of amidine groups is 2. The maximum atomic E-state index is 14.0. The minimum Gasteiger partial charge on any atom is -0.366 e. The van der Waals surface area contributed by atoms with E-state index in [1.54, 1.807) is 17.0 Å². The lowest BCUT2D eigenvalue weighted by atomic mass is 10.1. The average Bonchev–Trinajstić information content (AvgIpc) is 3.09. The van der Waals surface area contributed by atoms with Gasteiger partial charge in [-0.15, -0.1) is 0 Å². The van der Waals surface area contributed by atoms with E-state index in [-0.39, 0.29) is 5.91 Å². The quantitative estimate of drug-likeness (QED) is 0.121. The summed E-state index contributed by atoms with van der Waals surface area (Å²) in [7, 11) is 3.76. The monoisotopic (exact) mass is 608 g/mol. The van der Waals surface area contributed by atoms with Crippen molar-refractivity contribution < 1.29 is 9.59 Å². The van der Waals surface area contributed by atoms with Gasteiger partial charge < -0.3 is 15.5 Å². The number of nitrogens with two attached hydrogens (primary N) is 1. The lowest BCUT2D eigenvalue weighted by Crippen LogP contribution is -2.28. The zero-order chi connectivity index (χ0) is 32.6. The second kappa shape index (κ2) is 14.2. The second-order valence-corrected chi connectivity index (χ2v) is 11.1. The maximum Gasteiger partial charge on any atom is 0.262 e. The van der Waals surface area contributed by atoms with E-state index in [0.717, 1.165) is 11.1 Å². The van der Waals surface area contributed by atoms with Crippen LogP contribution in [0.2, 0.25) is 0 Å². The fourth-order valence-electron chi connectivity index (χ4n) is 5.14. The molecule has 230 valence electrons. The number of anilines is 2. The van der Waals surface area contributed by atoms with Crippen LogP contribution in [-0.4, -0.2) is 47.4 Å². The molecule has 0 radical (unpaired) electrons. The SMILES string of the molecule is CN(Cc1ccccc1)C(=N)c1ccc(N(C(=O)c2ccc(C(N)=O)cc2)c2ccc(C(=N)N(C)Cc3ccccc3)cc2)cc1. The molecule has 0 saturated heterocycles. The van der Waals surface area contributed by atoms with E-state index in [1.165, 1.54) is 12.1 Å². The van der Waals surface area contributed by atoms with Crippen molar-refractivity contribution in [3.05, 3.63) is 167 Å². The average molecular weight is 609 g/mol. The highest BCUT2D eigenvalue weighted by Crippen LogP contribution is 2.29. The Labute approximate surface area is 269 Å². The highest BCUT2D eigenvalue weighted by atomic mass is 16.2. The van der Waals surface area contributed by atoms with Crippen LogP contribution in [0.5, 0.6) is 0 Å². The van der Waals surface area contributed by atoms with Crippen LogP contribution < -0.4 is 10.6 Å². The van der Waals surface area contributed by atoms with Crippen LogP contribution in [-0.2, 0) is 13.1 Å². The van der Waals surface area contributed by atoms with Gasteiger partial charge in [-0.2, -0.15) is 0 Å². The molecular formula is C38H36N6O2. The molecule has 0 atom stereocenters. The molecule has 0 aliphatic rings. The topological polar surface area (TPSA) is 118 Å². The van der Waals surface area contributed by atoms with E-state index in [0.29, 0.717) is 58.4 Å². The van der Waals surface area contributed by atoms with Crippen molar-refractivity contribution in [2.75, 3.05) is 19.0 Å². The van der Waals surface area contributed by atoms with Gasteiger partial charge in [0.2, 0.25) is 5.91 Å². The zero-order valence-corrected chi connectivity index (χ0v) is 25.9. The summed E-state index contributed by atoms with van der Waals surface area (Å²) in [4.78, 5) is 30.9. The van der Waals surface area contributed by atoms with Gasteiger partial charge in [-0.25, -0.2) is 0 Å². The molecule has 0 aliphatic carbocycles. The Balaban J connectivity index is 1.41. The van der Waals surface area contributed by atoms with Gasteiger partial charge in [-0.3, -0.25) is 25.3 Å². The van der Waals surface area contributed by atoms with Gasteiger partial charge in [-0.1, -0.05) is 60.7 Å². The first-order chi connectivity index (χ1) is 22.2. The van der Waals surface area contributed by atoms with Crippen LogP contribution in [0.4, 0.5) is 11.4 Å². The molecule has 0 aromatic heterocycles. The number of benzene rings is 5. The molecule has 5 rings (SSSR count). The first-order valence-corrected chi connectivity index (χ1v) is 14.8. The Morgan fingerprint density at radius 2 is 0.870 bits per heavy atom. The summed E-state index contributed by atoms with van der Waals surface area (Å²) >= 11 is 0. The fraction of sp³-hybridized carbons (Fsp3) is 0.105. The summed E-state index contributed by atoms with van der Waals surface area (Å²) in [6.07, 6.45) is 0. The predicted molar refractivity (Wildman–Crippen MR) is 184 cm³/mol. The van der Waals surface area contributed by atoms with Crippen molar-refractivity contribution in [3.8, 4) is 0 Å². The normalized spacial score (nSPS) is 10.6. The summed E-state index contributed by atoms with van der Waals surface area (Å²) < 4.78 is 0. The predicted octanol–water partition coefficient (Wildman–Crippen LogP) is 6.68. The Kier molecular flexibility index (Phi) is 9.68. The maximum absolute atomic E-state index is 14.0. The first kappa shape index (κ1) is 31.4. The molecule has 2 amide bonds. The largest absolute Gasteiger partial charge is 0.366 e. The third-order valence-corrected chi connectivity index (χ3v) is 7.71. The minimum atomic E-state index is -0.568. The highest BCUT2D eigenvalue weighted by molar-refractivity contribution is 6.11. The van der Waals surface area contributed by atoms with Crippen LogP contribution in [0.25, 0.3) is 0 Å². The molecule has 5 aromatic carbocycles. The summed E-state index contributed by atoms with van der Waals surface area (Å²) in [5, 5.41) is 17.5. The van der Waals surface area contributed by atoms with Crippen molar-refractivity contribution in [2.24, 2.45) is 5.73 Å². The number of nitrogens with zero attached hydrogens (tertiary/aromatic N) is 3. The summed E-state index contributed by atoms with van der Waals surface area (Å²) in [5.74, 6) is -0.152. The van der Waals surface area contributed by atoms with Crippen molar-refractivity contribution >= 4 is 34.9 Å². The molecule has 0 saturated carbocycles. The van der Waals surface area contributed by atoms with Gasteiger partial charge in [0.05, 0.1) is 0 Å². The van der Waals surface area contributed by atoms with E-state index in [9.17, 15) is 9.59 Å². The Hall–Kier alpha value is -6.02. The molecule has 4 N–H and O–H groups in total. The van der Waals surface area contributed by atoms with Crippen LogP contribution in [0.3, 0.4) is 0 Å². The number of primary amides is 1. The van der Waals surface area contributed by atoms with Gasteiger partial charge in [0, 0.05) is 60.8 Å². The van der Waals surface area contributed by atoms with E-state index in [4.69, 9.17) is 16.6 Å². The minimum absolute atomic E-state index is 0.302. The van der Waals surface area contributed by atoms with Crippen molar-refractivity contribution in [3.63, 3.8) is 0 Å². The van der Waals surface area contributed by atoms with Crippen LogP contribution in [0, 0.1) is 10.8 Å². The van der Waals surface area contributed by atoms with E-state index in [2.05, 4.69) is 0 Å². The van der Waals surface area contributed by atoms with Gasteiger partial charge in [0.15, 0.2) is 0 Å². The van der Waals surface area contributed by atoms with Crippen molar-refractivity contribution in [1.82, 2.24) is 9.80 Å². The number of carbonyl (C=O) groups is 2. The van der Waals surface area contributed by atoms with Crippen molar-refractivity contribution in [1.29, 1.82) is 10.8 Å². The van der Waals surface area contributed by atoms with E-state index in [1.807, 2.05) is 133 Å². The Bertz CT molecular complexity index is 1720. The second-order valence-electron chi connectivity index (χ2n) is 11.1. The van der Waals surface area contributed by atoms with Crippen LogP contribution in [0.15, 0.2) is 133 Å². The molecule has 0 bridgehead atoms. The summed E-state index contributed by atoms with van der Waals surface area (Å²) in [5.41, 5.74) is 11.0. The Morgan fingerprint density at radius 3 is 1.24 bits per heavy atom. The Morgan fingerprint density at radius 1 is 0.522 bits per heavy atom. The number of nitrogens with one attached hydrogen (secondary N) is 2. The van der Waals surface area contributed by atoms with Gasteiger partial charge in [0.1, 0.15) is 11.7 Å². The van der Waals surface area contributed by atoms with Crippen molar-refractivity contribution in [2.45, 2.75) is 13.1 Å². The van der Waals surface area contributed by atoms with E-state index >= 15 is 0 Å². The van der Waals surface area contributed by atoms with Gasteiger partial charge in [-0.05, 0) is 83.9 Å². The standard InChI is InChI=1S/C38H36N6O2/c1-42(25-27-9-5-3-6-10-27)35(39)29-17-21-33(22-18-29)44(38(46)32-15-13-31(14-16-32)37(41)45)34-23-19-30(20-24-34)36(40)43(2)26-28-11-7-4-8-12-28/h3-24,39-40H,25-26H2,1-2H3,(H2,41,45). The van der Waals surface area contributed by atoms with Crippen LogP contribution >= 0.6 is 0 Å². The first-order valence-electron chi connectivity index (χ1n) is 14.8. The molecule has 0 fully saturated rings. The third-order valence-electron chi connectivity index (χ3n) is 7.71. The highest BCUT2D eigenvalue weighted by Gasteiger charge is 2.21. The summed E-state index contributed by atoms with van der Waals surface area (Å²) in [6.45, 7) is 1.18. The molecule has 0 aliphatic heterocycles. The fourth-order valence-corrected chi connectivity index (χ4v) is 5.14. The molecule has 0 spiro atoms. The third kappa shape index (κ3) is 7.36. The molecule has 0 heterocycles. The van der Waals surface area contributed by atoms with Crippen LogP contribution in [0.1, 0.15) is 43.0 Å². The number of hydrogen-bond donors (Lipinski definition) is 3. The molecule has 46 heavy (non-hydrogen) atoms. The number of carbonyl (C=O) groups excluding carboxylic acids is 2. The summed E-state index contributed by atoms with van der Waals surface area (Å²) in [6, 6.07) is 40.8. The van der Waals surface area contributed by atoms with Gasteiger partial charge >= 0.3 is 0 Å². The zero-order valence-electron chi connectivity index (χ0n) is 25.9. The lowest BCUT2D eigenvalue weighted by molar-refractivity contribution is 0.0988. The number of hydrogen-bond acceptors (Lipinski definition) is 4. The smallest absolute Gasteiger partial charge is 0.262 e. The number of rotatable bonds is 10. The molecule has 5 aromatic rings. The molecular weight excluding hydrogens is 572 g/mol. The molecule has 8 nitrogen and oxygen atoms in total. The van der Waals surface area contributed by atoms with Gasteiger partial charge in [0.25, 0.3) is 5.91 Å². The molecule has 8 heteroatoms. The van der Waals surface area contributed by atoms with E-state index < -0.39 is 5.91 Å². The molecule has 0 unspecified atom stereocenters. The lowest BCUT2D eigenvalue weighted by Gasteiger charge is -2.25.